The lowest BCUT2D eigenvalue weighted by atomic mass is 10.1. The Morgan fingerprint density at radius 1 is 1.24 bits per heavy atom. The maximum Gasteiger partial charge on any atom is 0.417 e. The molecule has 0 saturated carbocycles. The molecular weight excluding hydrogens is 479 g/mol. The molecule has 0 saturated heterocycles. The van der Waals surface area contributed by atoms with Gasteiger partial charge in [0.15, 0.2) is 0 Å². The van der Waals surface area contributed by atoms with Crippen molar-refractivity contribution in [3.8, 4) is 0 Å². The number of nitrogens with zero attached hydrogens (tertiary/aromatic N) is 4. The second kappa shape index (κ2) is 9.06. The van der Waals surface area contributed by atoms with Crippen LogP contribution in [-0.2, 0) is 6.18 Å². The van der Waals surface area contributed by atoms with E-state index >= 15 is 0 Å². The summed E-state index contributed by atoms with van der Waals surface area (Å²) in [5.74, 6) is -1.10. The number of aromatic nitrogens is 3. The van der Waals surface area contributed by atoms with Gasteiger partial charge in [-0.15, -0.1) is 0 Å². The number of carbonyl (C=O) groups is 2. The molecule has 0 spiro atoms. The minimum Gasteiger partial charge on any atom is -0.322 e. The molecule has 3 aromatic rings. The monoisotopic (exact) mass is 497 g/mol. The van der Waals surface area contributed by atoms with Crippen molar-refractivity contribution in [2.75, 3.05) is 16.8 Å². The van der Waals surface area contributed by atoms with Crippen LogP contribution in [0.3, 0.4) is 0 Å². The van der Waals surface area contributed by atoms with Gasteiger partial charge in [-0.2, -0.15) is 31.8 Å². The highest BCUT2D eigenvalue weighted by molar-refractivity contribution is 7.59. The van der Waals surface area contributed by atoms with Crippen LogP contribution in [0.2, 0.25) is 5.02 Å². The second-order valence-corrected chi connectivity index (χ2v) is 7.83. The SMILES string of the molecule is Cc1cc(NC(=O)c2cnn3c2C(=O)N(c2ccc(C(F)(F)F)c(Cl)c2)C[C@@H]3C)ccn1.S. The Bertz CT molecular complexity index is 1230. The van der Waals surface area contributed by atoms with Crippen LogP contribution >= 0.6 is 25.1 Å². The van der Waals surface area contributed by atoms with Crippen LogP contribution in [0.4, 0.5) is 24.5 Å². The van der Waals surface area contributed by atoms with E-state index in [4.69, 9.17) is 11.6 Å². The number of carbonyl (C=O) groups excluding carboxylic acids is 2. The molecule has 2 aromatic heterocycles. The van der Waals surface area contributed by atoms with Gasteiger partial charge in [-0.05, 0) is 44.2 Å². The lowest BCUT2D eigenvalue weighted by Gasteiger charge is -2.32. The first-order chi connectivity index (χ1) is 15.1. The number of hydrogen-bond donors (Lipinski definition) is 1. The fourth-order valence-electron chi connectivity index (χ4n) is 3.57. The van der Waals surface area contributed by atoms with Gasteiger partial charge in [0.2, 0.25) is 0 Å². The fourth-order valence-corrected chi connectivity index (χ4v) is 3.86. The molecule has 1 aliphatic heterocycles. The van der Waals surface area contributed by atoms with E-state index < -0.39 is 28.6 Å². The lowest BCUT2D eigenvalue weighted by Crippen LogP contribution is -2.43. The number of fused-ring (bicyclic) bond motifs is 1. The van der Waals surface area contributed by atoms with Crippen molar-refractivity contribution in [3.05, 3.63) is 70.3 Å². The Morgan fingerprint density at radius 2 is 1.97 bits per heavy atom. The van der Waals surface area contributed by atoms with Crippen molar-refractivity contribution < 1.29 is 22.8 Å². The van der Waals surface area contributed by atoms with E-state index in [9.17, 15) is 22.8 Å². The molecule has 33 heavy (non-hydrogen) atoms. The minimum absolute atomic E-state index is 0. The van der Waals surface area contributed by atoms with Crippen LogP contribution in [0.25, 0.3) is 0 Å². The molecule has 1 aromatic carbocycles. The third-order valence-corrected chi connectivity index (χ3v) is 5.39. The molecular formula is C21H19ClF3N5O2S. The van der Waals surface area contributed by atoms with Crippen molar-refractivity contribution in [2.45, 2.75) is 26.1 Å². The summed E-state index contributed by atoms with van der Waals surface area (Å²) in [6, 6.07) is 6.08. The van der Waals surface area contributed by atoms with Crippen LogP contribution in [-0.4, -0.2) is 33.1 Å². The van der Waals surface area contributed by atoms with Gasteiger partial charge in [-0.1, -0.05) is 11.6 Å². The summed E-state index contributed by atoms with van der Waals surface area (Å²) in [6.45, 7) is 3.71. The Balaban J connectivity index is 0.00000306. The number of pyridine rings is 1. The summed E-state index contributed by atoms with van der Waals surface area (Å²) in [4.78, 5) is 31.5. The van der Waals surface area contributed by atoms with Gasteiger partial charge in [0.1, 0.15) is 5.69 Å². The molecule has 2 amide bonds. The second-order valence-electron chi connectivity index (χ2n) is 7.42. The zero-order valence-electron chi connectivity index (χ0n) is 17.4. The fraction of sp³-hybridized carbons (Fsp3) is 0.238. The highest BCUT2D eigenvalue weighted by Crippen LogP contribution is 2.37. The van der Waals surface area contributed by atoms with Crippen molar-refractivity contribution in [1.82, 2.24) is 14.8 Å². The molecule has 1 atom stereocenters. The number of rotatable bonds is 3. The van der Waals surface area contributed by atoms with Crippen molar-refractivity contribution in [2.24, 2.45) is 0 Å². The Kier molecular flexibility index (Phi) is 6.75. The first kappa shape index (κ1) is 24.6. The summed E-state index contributed by atoms with van der Waals surface area (Å²) in [5, 5.41) is 6.38. The number of nitrogens with one attached hydrogen (secondary N) is 1. The topological polar surface area (TPSA) is 80.1 Å². The number of amides is 2. The number of hydrogen-bond acceptors (Lipinski definition) is 4. The molecule has 0 bridgehead atoms. The first-order valence-corrected chi connectivity index (χ1v) is 9.94. The highest BCUT2D eigenvalue weighted by Gasteiger charge is 2.37. The Labute approximate surface area is 199 Å². The number of alkyl halides is 3. The largest absolute Gasteiger partial charge is 0.417 e. The van der Waals surface area contributed by atoms with Gasteiger partial charge in [0.25, 0.3) is 11.8 Å². The third-order valence-electron chi connectivity index (χ3n) is 5.08. The number of halogens is 4. The smallest absolute Gasteiger partial charge is 0.322 e. The van der Waals surface area contributed by atoms with Crippen molar-refractivity contribution in [3.63, 3.8) is 0 Å². The lowest BCUT2D eigenvalue weighted by molar-refractivity contribution is -0.137. The van der Waals surface area contributed by atoms with Gasteiger partial charge >= 0.3 is 6.18 Å². The van der Waals surface area contributed by atoms with E-state index in [1.165, 1.54) is 21.8 Å². The molecule has 0 fully saturated rings. The summed E-state index contributed by atoms with van der Waals surface area (Å²) in [6.07, 6.45) is -1.76. The van der Waals surface area contributed by atoms with E-state index in [1.54, 1.807) is 32.2 Å². The predicted octanol–water partition coefficient (Wildman–Crippen LogP) is 4.85. The van der Waals surface area contributed by atoms with Crippen LogP contribution < -0.4 is 10.2 Å². The van der Waals surface area contributed by atoms with Gasteiger partial charge in [0, 0.05) is 29.8 Å². The van der Waals surface area contributed by atoms with E-state index in [2.05, 4.69) is 15.4 Å². The van der Waals surface area contributed by atoms with Gasteiger partial charge in [-0.3, -0.25) is 19.3 Å². The Morgan fingerprint density at radius 3 is 2.61 bits per heavy atom. The van der Waals surface area contributed by atoms with Gasteiger partial charge in [-0.25, -0.2) is 0 Å². The predicted molar refractivity (Wildman–Crippen MR) is 122 cm³/mol. The average molecular weight is 498 g/mol. The molecule has 1 aliphatic rings. The maximum atomic E-state index is 13.3. The first-order valence-electron chi connectivity index (χ1n) is 9.56. The van der Waals surface area contributed by atoms with Crippen LogP contribution in [0.15, 0.2) is 42.7 Å². The quantitative estimate of drug-likeness (QED) is 0.561. The van der Waals surface area contributed by atoms with E-state index in [0.717, 1.165) is 12.1 Å². The van der Waals surface area contributed by atoms with E-state index in [0.29, 0.717) is 11.4 Å². The summed E-state index contributed by atoms with van der Waals surface area (Å²) in [5.41, 5.74) is 0.517. The van der Waals surface area contributed by atoms with Crippen LogP contribution in [0.5, 0.6) is 0 Å². The van der Waals surface area contributed by atoms with Crippen LogP contribution in [0, 0.1) is 6.92 Å². The molecule has 174 valence electrons. The summed E-state index contributed by atoms with van der Waals surface area (Å²) in [7, 11) is 0. The summed E-state index contributed by atoms with van der Waals surface area (Å²) >= 11 is 5.84. The molecule has 0 aliphatic carbocycles. The van der Waals surface area contributed by atoms with Crippen LogP contribution in [0.1, 0.15) is 45.1 Å². The molecule has 7 nitrogen and oxygen atoms in total. The van der Waals surface area contributed by atoms with Gasteiger partial charge in [0.05, 0.1) is 28.4 Å². The molecule has 0 unspecified atom stereocenters. The highest BCUT2D eigenvalue weighted by atomic mass is 35.5. The minimum atomic E-state index is -4.61. The van der Waals surface area contributed by atoms with E-state index in [-0.39, 0.29) is 43.0 Å². The molecule has 12 heteroatoms. The van der Waals surface area contributed by atoms with Crippen molar-refractivity contribution >= 4 is 48.3 Å². The number of anilines is 2. The molecule has 1 N–H and O–H groups in total. The Hall–Kier alpha value is -3.05. The average Bonchev–Trinajstić information content (AvgIpc) is 3.16. The molecule has 0 radical (unpaired) electrons. The van der Waals surface area contributed by atoms with Gasteiger partial charge < -0.3 is 10.2 Å². The molecule has 3 heterocycles. The van der Waals surface area contributed by atoms with Crippen molar-refractivity contribution in [1.29, 1.82) is 0 Å². The number of benzene rings is 1. The normalized spacial score (nSPS) is 15.6. The zero-order chi connectivity index (χ0) is 23.2. The zero-order valence-corrected chi connectivity index (χ0v) is 19.2. The molecule has 4 rings (SSSR count). The van der Waals surface area contributed by atoms with E-state index in [1.807, 2.05) is 0 Å². The third kappa shape index (κ3) is 4.69. The maximum absolute atomic E-state index is 13.3. The standard InChI is InChI=1S/C21H17ClF3N5O2.H2S/c1-11-7-13(5-6-26-11)28-19(31)15-9-27-30-12(2)10-29(20(32)18(15)30)14-3-4-16(17(22)8-14)21(23,24)25;/h3-9,12H,10H2,1-2H3,(H,26,28,31);1H2/t12-;/m0./s1. The summed E-state index contributed by atoms with van der Waals surface area (Å²) < 4.78 is 40.6. The number of aryl methyl sites for hydroxylation is 1.